The lowest BCUT2D eigenvalue weighted by Crippen LogP contribution is -1.97. The van der Waals surface area contributed by atoms with Crippen molar-refractivity contribution in [2.24, 2.45) is 0 Å². The molecule has 0 spiro atoms. The molecule has 0 fully saturated rings. The van der Waals surface area contributed by atoms with Gasteiger partial charge in [-0.25, -0.2) is 4.98 Å². The molecule has 6 heteroatoms. The number of nitrogens with zero attached hydrogens (tertiary/aromatic N) is 3. The highest BCUT2D eigenvalue weighted by atomic mass is 79.9. The zero-order valence-electron chi connectivity index (χ0n) is 6.66. The first-order chi connectivity index (χ1) is 6.22. The Hall–Kier alpha value is -0.810. The number of hydrogen-bond acceptors (Lipinski definition) is 3. The van der Waals surface area contributed by atoms with E-state index in [0.717, 1.165) is 4.47 Å². The van der Waals surface area contributed by atoms with Crippen LogP contribution in [0.15, 0.2) is 16.7 Å². The van der Waals surface area contributed by atoms with Crippen LogP contribution in [-0.4, -0.2) is 21.7 Å². The van der Waals surface area contributed by atoms with Gasteiger partial charge in [-0.05, 0) is 15.9 Å². The molecule has 0 aliphatic heterocycles. The van der Waals surface area contributed by atoms with E-state index in [1.165, 1.54) is 0 Å². The van der Waals surface area contributed by atoms with Gasteiger partial charge in [0.15, 0.2) is 5.65 Å². The lowest BCUT2D eigenvalue weighted by Gasteiger charge is -2.02. The van der Waals surface area contributed by atoms with Crippen molar-refractivity contribution in [3.63, 3.8) is 0 Å². The van der Waals surface area contributed by atoms with Crippen molar-refractivity contribution in [3.05, 3.63) is 21.9 Å². The van der Waals surface area contributed by atoms with Gasteiger partial charge in [0.2, 0.25) is 5.88 Å². The second kappa shape index (κ2) is 3.16. The number of halogens is 2. The second-order valence-corrected chi connectivity index (χ2v) is 3.59. The van der Waals surface area contributed by atoms with Crippen molar-refractivity contribution in [2.45, 2.75) is 0 Å². The Morgan fingerprint density at radius 3 is 3.08 bits per heavy atom. The van der Waals surface area contributed by atoms with Crippen LogP contribution in [0.25, 0.3) is 5.65 Å². The molecule has 0 amide bonds. The molecule has 0 N–H and O–H groups in total. The lowest BCUT2D eigenvalue weighted by atomic mass is 10.6. The highest BCUT2D eigenvalue weighted by Crippen LogP contribution is 2.22. The molecule has 13 heavy (non-hydrogen) atoms. The number of methoxy groups -OCH3 is 1. The normalized spacial score (nSPS) is 10.7. The summed E-state index contributed by atoms with van der Waals surface area (Å²) >= 11 is 9.08. The molecule has 0 radical (unpaired) electrons. The molecule has 0 aliphatic carbocycles. The SMILES string of the molecule is COc1cc(Cl)nc2c(Br)cnn12. The Bertz CT molecular complexity index is 456. The third-order valence-corrected chi connectivity index (χ3v) is 2.33. The Labute approximate surface area is 87.6 Å². The molecule has 0 bridgehead atoms. The predicted molar refractivity (Wildman–Crippen MR) is 52.2 cm³/mol. The van der Waals surface area contributed by atoms with Crippen LogP contribution in [0.1, 0.15) is 0 Å². The second-order valence-electron chi connectivity index (χ2n) is 2.35. The van der Waals surface area contributed by atoms with E-state index in [0.29, 0.717) is 16.7 Å². The largest absolute Gasteiger partial charge is 0.481 e. The maximum absolute atomic E-state index is 5.78. The van der Waals surface area contributed by atoms with Crippen molar-refractivity contribution in [2.75, 3.05) is 7.11 Å². The summed E-state index contributed by atoms with van der Waals surface area (Å²) in [6.45, 7) is 0. The van der Waals surface area contributed by atoms with E-state index >= 15 is 0 Å². The van der Waals surface area contributed by atoms with Crippen LogP contribution in [0.5, 0.6) is 5.88 Å². The van der Waals surface area contributed by atoms with Crippen LogP contribution in [-0.2, 0) is 0 Å². The lowest BCUT2D eigenvalue weighted by molar-refractivity contribution is 0.385. The Morgan fingerprint density at radius 2 is 2.38 bits per heavy atom. The molecular formula is C7H5BrClN3O. The van der Waals surface area contributed by atoms with Crippen LogP contribution in [0.4, 0.5) is 0 Å². The zero-order chi connectivity index (χ0) is 9.42. The molecule has 2 aromatic heterocycles. The van der Waals surface area contributed by atoms with Crippen molar-refractivity contribution >= 4 is 33.2 Å². The number of fused-ring (bicyclic) bond motifs is 1. The van der Waals surface area contributed by atoms with Crippen LogP contribution in [0, 0.1) is 0 Å². The molecule has 4 nitrogen and oxygen atoms in total. The van der Waals surface area contributed by atoms with Crippen LogP contribution < -0.4 is 4.74 Å². The summed E-state index contributed by atoms with van der Waals surface area (Å²) in [5.41, 5.74) is 0.643. The first kappa shape index (κ1) is 8.77. The van der Waals surface area contributed by atoms with Gasteiger partial charge in [-0.2, -0.15) is 9.61 Å². The van der Waals surface area contributed by atoms with E-state index in [2.05, 4.69) is 26.0 Å². The monoisotopic (exact) mass is 261 g/mol. The first-order valence-corrected chi connectivity index (χ1v) is 4.63. The molecular weight excluding hydrogens is 257 g/mol. The van der Waals surface area contributed by atoms with Gasteiger partial charge in [0.25, 0.3) is 0 Å². The Morgan fingerprint density at radius 1 is 1.62 bits per heavy atom. The molecule has 2 aromatic rings. The average molecular weight is 262 g/mol. The third kappa shape index (κ3) is 1.38. The molecule has 0 aliphatic rings. The smallest absolute Gasteiger partial charge is 0.219 e. The summed E-state index contributed by atoms with van der Waals surface area (Å²) in [5.74, 6) is 0.556. The topological polar surface area (TPSA) is 39.4 Å². The highest BCUT2D eigenvalue weighted by Gasteiger charge is 2.08. The quantitative estimate of drug-likeness (QED) is 0.739. The molecule has 0 saturated carbocycles. The standard InChI is InChI=1S/C7H5BrClN3O/c1-13-6-2-5(9)11-7-4(8)3-10-12(6)7/h2-3H,1H3. The van der Waals surface area contributed by atoms with Crippen LogP contribution in [0.2, 0.25) is 5.15 Å². The molecule has 2 rings (SSSR count). The fourth-order valence-corrected chi connectivity index (χ4v) is 1.55. The Kier molecular flexibility index (Phi) is 2.13. The molecule has 68 valence electrons. The van der Waals surface area contributed by atoms with E-state index in [1.54, 1.807) is 23.9 Å². The first-order valence-electron chi connectivity index (χ1n) is 3.46. The van der Waals surface area contributed by atoms with Gasteiger partial charge in [-0.3, -0.25) is 0 Å². The minimum atomic E-state index is 0.380. The summed E-state index contributed by atoms with van der Waals surface area (Å²) in [7, 11) is 1.56. The van der Waals surface area contributed by atoms with E-state index < -0.39 is 0 Å². The fourth-order valence-electron chi connectivity index (χ4n) is 1.03. The van der Waals surface area contributed by atoms with Crippen molar-refractivity contribution in [1.82, 2.24) is 14.6 Å². The van der Waals surface area contributed by atoms with E-state index in [4.69, 9.17) is 16.3 Å². The molecule has 0 saturated heterocycles. The van der Waals surface area contributed by atoms with Crippen molar-refractivity contribution in [3.8, 4) is 5.88 Å². The molecule has 2 heterocycles. The molecule has 0 unspecified atom stereocenters. The van der Waals surface area contributed by atoms with Crippen LogP contribution in [0.3, 0.4) is 0 Å². The van der Waals surface area contributed by atoms with Gasteiger partial charge in [0.05, 0.1) is 17.8 Å². The minimum Gasteiger partial charge on any atom is -0.481 e. The number of rotatable bonds is 1. The van der Waals surface area contributed by atoms with Gasteiger partial charge in [-0.15, -0.1) is 0 Å². The maximum Gasteiger partial charge on any atom is 0.219 e. The number of ether oxygens (including phenoxy) is 1. The third-order valence-electron chi connectivity index (χ3n) is 1.57. The minimum absolute atomic E-state index is 0.380. The predicted octanol–water partition coefficient (Wildman–Crippen LogP) is 2.15. The Balaban J connectivity index is 2.84. The van der Waals surface area contributed by atoms with E-state index in [9.17, 15) is 0 Å². The van der Waals surface area contributed by atoms with Gasteiger partial charge in [0, 0.05) is 6.07 Å². The van der Waals surface area contributed by atoms with Gasteiger partial charge in [-0.1, -0.05) is 11.6 Å². The summed E-state index contributed by atoms with van der Waals surface area (Å²) in [5, 5.41) is 4.43. The maximum atomic E-state index is 5.78. The van der Waals surface area contributed by atoms with E-state index in [-0.39, 0.29) is 0 Å². The summed E-state index contributed by atoms with van der Waals surface area (Å²) in [6.07, 6.45) is 1.64. The highest BCUT2D eigenvalue weighted by molar-refractivity contribution is 9.10. The summed E-state index contributed by atoms with van der Waals surface area (Å²) < 4.78 is 7.43. The van der Waals surface area contributed by atoms with Gasteiger partial charge >= 0.3 is 0 Å². The van der Waals surface area contributed by atoms with Crippen molar-refractivity contribution in [1.29, 1.82) is 0 Å². The zero-order valence-corrected chi connectivity index (χ0v) is 9.00. The van der Waals surface area contributed by atoms with Crippen molar-refractivity contribution < 1.29 is 4.74 Å². The summed E-state index contributed by atoms with van der Waals surface area (Å²) in [4.78, 5) is 4.08. The molecule has 0 atom stereocenters. The summed E-state index contributed by atoms with van der Waals surface area (Å²) in [6, 6.07) is 1.61. The number of aromatic nitrogens is 3. The average Bonchev–Trinajstić information content (AvgIpc) is 2.47. The van der Waals surface area contributed by atoms with Gasteiger partial charge in [0.1, 0.15) is 5.15 Å². The molecule has 0 aromatic carbocycles. The number of hydrogen-bond donors (Lipinski definition) is 0. The fraction of sp³-hybridized carbons (Fsp3) is 0.143. The van der Waals surface area contributed by atoms with Crippen LogP contribution >= 0.6 is 27.5 Å². The van der Waals surface area contributed by atoms with E-state index in [1.807, 2.05) is 0 Å². The van der Waals surface area contributed by atoms with Gasteiger partial charge < -0.3 is 4.74 Å².